The topological polar surface area (TPSA) is 32.8 Å². The monoisotopic (exact) mass is 140 g/mol. The number of thioether (sulfide) groups is 1. The highest BCUT2D eigenvalue weighted by atomic mass is 32.2. The molecule has 1 heterocycles. The smallest absolute Gasteiger partial charge is 0.132 e. The van der Waals surface area contributed by atoms with E-state index in [2.05, 4.69) is 4.98 Å². The predicted octanol–water partition coefficient (Wildman–Crippen LogP) is 1.56. The molecule has 1 aromatic heterocycles. The molecule has 0 aliphatic heterocycles. The first kappa shape index (κ1) is 6.58. The lowest BCUT2D eigenvalue weighted by Crippen LogP contribution is -1.74. The van der Waals surface area contributed by atoms with E-state index in [1.54, 1.807) is 12.4 Å². The third-order valence-electron chi connectivity index (χ3n) is 0.860. The minimum Gasteiger partial charge on any atom is -0.264 e. The molecule has 0 saturated heterocycles. The lowest BCUT2D eigenvalue weighted by Gasteiger charge is -1.91. The Balaban J connectivity index is 2.61. The summed E-state index contributed by atoms with van der Waals surface area (Å²) in [6, 6.07) is 3.69. The second-order valence-electron chi connectivity index (χ2n) is 1.45. The maximum Gasteiger partial charge on any atom is 0.132 e. The molecule has 0 fully saturated rings. The van der Waals surface area contributed by atoms with Crippen LogP contribution in [-0.2, 0) is 5.11 Å². The lowest BCUT2D eigenvalue weighted by atomic mass is 10.5. The van der Waals surface area contributed by atoms with Crippen molar-refractivity contribution in [3.63, 3.8) is 0 Å². The third kappa shape index (κ3) is 2.03. The number of pyridine rings is 1. The number of rotatable bonds is 2. The van der Waals surface area contributed by atoms with E-state index in [-0.39, 0.29) is 5.94 Å². The molecule has 1 radical (unpaired) electrons. The minimum absolute atomic E-state index is 0.133. The van der Waals surface area contributed by atoms with E-state index in [0.717, 1.165) is 4.90 Å². The van der Waals surface area contributed by atoms with Crippen molar-refractivity contribution >= 4 is 11.8 Å². The normalized spacial score (nSPS) is 9.44. The van der Waals surface area contributed by atoms with Crippen molar-refractivity contribution in [2.45, 2.75) is 4.90 Å². The second kappa shape index (κ2) is 3.48. The molecule has 3 heteroatoms. The highest BCUT2D eigenvalue weighted by Gasteiger charge is 1.87. The van der Waals surface area contributed by atoms with E-state index in [9.17, 15) is 5.11 Å². The molecule has 0 aliphatic rings. The van der Waals surface area contributed by atoms with Gasteiger partial charge >= 0.3 is 0 Å². The van der Waals surface area contributed by atoms with Crippen LogP contribution < -0.4 is 0 Å². The molecule has 1 rings (SSSR count). The Morgan fingerprint density at radius 2 is 2.56 bits per heavy atom. The van der Waals surface area contributed by atoms with Crippen molar-refractivity contribution in [3.05, 3.63) is 24.5 Å². The van der Waals surface area contributed by atoms with Gasteiger partial charge in [0, 0.05) is 17.3 Å². The fourth-order valence-corrected chi connectivity index (χ4v) is 0.947. The van der Waals surface area contributed by atoms with Crippen LogP contribution in [0.5, 0.6) is 0 Å². The van der Waals surface area contributed by atoms with Gasteiger partial charge in [-0.2, -0.15) is 0 Å². The Labute approximate surface area is 57.9 Å². The van der Waals surface area contributed by atoms with Gasteiger partial charge in [0.05, 0.1) is 0 Å². The number of nitrogens with zero attached hydrogens (tertiary/aromatic N) is 1. The quantitative estimate of drug-likeness (QED) is 0.461. The van der Waals surface area contributed by atoms with Crippen LogP contribution in [0.2, 0.25) is 0 Å². The Kier molecular flexibility index (Phi) is 2.54. The fraction of sp³-hybridized carbons (Fsp3) is 0.167. The van der Waals surface area contributed by atoms with Gasteiger partial charge in [-0.05, 0) is 12.1 Å². The van der Waals surface area contributed by atoms with Crippen molar-refractivity contribution in [1.29, 1.82) is 0 Å². The maximum absolute atomic E-state index is 10.0. The zero-order chi connectivity index (χ0) is 6.53. The van der Waals surface area contributed by atoms with Gasteiger partial charge in [-0.3, -0.25) is 4.98 Å². The van der Waals surface area contributed by atoms with Crippen molar-refractivity contribution in [2.24, 2.45) is 0 Å². The Hall–Kier alpha value is -0.540. The van der Waals surface area contributed by atoms with Crippen LogP contribution in [0.15, 0.2) is 29.4 Å². The van der Waals surface area contributed by atoms with Crippen molar-refractivity contribution in [2.75, 3.05) is 5.94 Å². The van der Waals surface area contributed by atoms with E-state index < -0.39 is 0 Å². The van der Waals surface area contributed by atoms with Crippen LogP contribution in [0.4, 0.5) is 0 Å². The summed E-state index contributed by atoms with van der Waals surface area (Å²) >= 11 is 1.26. The van der Waals surface area contributed by atoms with Gasteiger partial charge in [0.15, 0.2) is 0 Å². The van der Waals surface area contributed by atoms with Crippen LogP contribution >= 0.6 is 11.8 Å². The number of aromatic nitrogens is 1. The summed E-state index contributed by atoms with van der Waals surface area (Å²) in [5, 5.41) is 10.0. The molecular formula is C6H6NOS. The molecule has 0 saturated carbocycles. The Morgan fingerprint density at radius 1 is 1.67 bits per heavy atom. The highest BCUT2D eigenvalue weighted by molar-refractivity contribution is 7.99. The highest BCUT2D eigenvalue weighted by Crippen LogP contribution is 2.13. The zero-order valence-corrected chi connectivity index (χ0v) is 5.60. The summed E-state index contributed by atoms with van der Waals surface area (Å²) in [5.74, 6) is -0.133. The van der Waals surface area contributed by atoms with Gasteiger partial charge in [-0.1, -0.05) is 11.8 Å². The largest absolute Gasteiger partial charge is 0.264 e. The standard InChI is InChI=1S/C6H6NOS/c8-5-9-6-2-1-3-7-4-6/h1-4H,5H2. The molecule has 1 aromatic rings. The lowest BCUT2D eigenvalue weighted by molar-refractivity contribution is 0.260. The average Bonchev–Trinajstić information content (AvgIpc) is 1.91. The predicted molar refractivity (Wildman–Crippen MR) is 35.6 cm³/mol. The van der Waals surface area contributed by atoms with E-state index in [4.69, 9.17) is 0 Å². The molecule has 9 heavy (non-hydrogen) atoms. The van der Waals surface area contributed by atoms with Gasteiger partial charge in [-0.25, -0.2) is 5.11 Å². The summed E-state index contributed by atoms with van der Waals surface area (Å²) in [6.07, 6.45) is 3.37. The van der Waals surface area contributed by atoms with Crippen molar-refractivity contribution in [3.8, 4) is 0 Å². The van der Waals surface area contributed by atoms with Crippen molar-refractivity contribution in [1.82, 2.24) is 4.98 Å². The van der Waals surface area contributed by atoms with E-state index in [1.807, 2.05) is 12.1 Å². The summed E-state index contributed by atoms with van der Waals surface area (Å²) in [5.41, 5.74) is 0. The Morgan fingerprint density at radius 3 is 3.11 bits per heavy atom. The SMILES string of the molecule is [O]CSc1cccnc1. The number of hydrogen-bond acceptors (Lipinski definition) is 2. The first-order valence-electron chi connectivity index (χ1n) is 2.54. The molecule has 0 unspecified atom stereocenters. The molecule has 47 valence electrons. The van der Waals surface area contributed by atoms with Gasteiger partial charge in [0.25, 0.3) is 0 Å². The summed E-state index contributed by atoms with van der Waals surface area (Å²) in [6.45, 7) is 0. The molecule has 0 N–H and O–H groups in total. The molecule has 0 spiro atoms. The van der Waals surface area contributed by atoms with Gasteiger partial charge in [0.2, 0.25) is 0 Å². The van der Waals surface area contributed by atoms with Gasteiger partial charge < -0.3 is 0 Å². The van der Waals surface area contributed by atoms with Crippen LogP contribution in [0.1, 0.15) is 0 Å². The van der Waals surface area contributed by atoms with E-state index >= 15 is 0 Å². The van der Waals surface area contributed by atoms with Crippen LogP contribution in [0.3, 0.4) is 0 Å². The van der Waals surface area contributed by atoms with Crippen LogP contribution in [0.25, 0.3) is 0 Å². The first-order chi connectivity index (χ1) is 4.43. The molecule has 0 aliphatic carbocycles. The molecule has 0 amide bonds. The third-order valence-corrected chi connectivity index (χ3v) is 1.55. The fourth-order valence-electron chi connectivity index (χ4n) is 0.501. The molecule has 0 bridgehead atoms. The Bertz CT molecular complexity index is 166. The average molecular weight is 140 g/mol. The second-order valence-corrected chi connectivity index (χ2v) is 2.45. The van der Waals surface area contributed by atoms with Gasteiger partial charge in [0.1, 0.15) is 5.94 Å². The molecule has 0 atom stereocenters. The number of hydrogen-bond donors (Lipinski definition) is 0. The molecule has 0 aromatic carbocycles. The molecular weight excluding hydrogens is 134 g/mol. The van der Waals surface area contributed by atoms with Gasteiger partial charge in [-0.15, -0.1) is 0 Å². The first-order valence-corrected chi connectivity index (χ1v) is 3.53. The van der Waals surface area contributed by atoms with E-state index in [0.29, 0.717) is 0 Å². The maximum atomic E-state index is 10.0. The van der Waals surface area contributed by atoms with Crippen LogP contribution in [0, 0.1) is 0 Å². The summed E-state index contributed by atoms with van der Waals surface area (Å²) in [7, 11) is 0. The van der Waals surface area contributed by atoms with E-state index in [1.165, 1.54) is 11.8 Å². The zero-order valence-electron chi connectivity index (χ0n) is 4.78. The summed E-state index contributed by atoms with van der Waals surface area (Å²) < 4.78 is 0. The van der Waals surface area contributed by atoms with Crippen LogP contribution in [-0.4, -0.2) is 10.9 Å². The minimum atomic E-state index is -0.133. The van der Waals surface area contributed by atoms with Crippen molar-refractivity contribution < 1.29 is 5.11 Å². The summed E-state index contributed by atoms with van der Waals surface area (Å²) in [4.78, 5) is 4.78. The molecule has 2 nitrogen and oxygen atoms in total.